The van der Waals surface area contributed by atoms with E-state index >= 15 is 0 Å². The Bertz CT molecular complexity index is 502. The van der Waals surface area contributed by atoms with Gasteiger partial charge < -0.3 is 4.74 Å². The van der Waals surface area contributed by atoms with Gasteiger partial charge in [-0.25, -0.2) is 4.98 Å². The minimum atomic E-state index is 0.0313. The van der Waals surface area contributed by atoms with E-state index in [1.54, 1.807) is 13.3 Å². The van der Waals surface area contributed by atoms with E-state index in [2.05, 4.69) is 22.5 Å². The van der Waals surface area contributed by atoms with Gasteiger partial charge in [-0.3, -0.25) is 11.3 Å². The monoisotopic (exact) mass is 257 g/mol. The largest absolute Gasteiger partial charge is 0.481 e. The fraction of sp³-hybridized carbons (Fsp3) is 0.267. The molecule has 0 saturated heterocycles. The van der Waals surface area contributed by atoms with Crippen molar-refractivity contribution in [3.05, 3.63) is 59.8 Å². The molecule has 1 atom stereocenters. The Morgan fingerprint density at radius 1 is 1.21 bits per heavy atom. The molecule has 1 aromatic heterocycles. The highest BCUT2D eigenvalue weighted by Gasteiger charge is 2.15. The molecular weight excluding hydrogens is 238 g/mol. The maximum absolute atomic E-state index is 5.66. The van der Waals surface area contributed by atoms with Gasteiger partial charge in [-0.2, -0.15) is 0 Å². The number of hydrazine groups is 1. The van der Waals surface area contributed by atoms with Crippen molar-refractivity contribution in [2.75, 3.05) is 7.11 Å². The van der Waals surface area contributed by atoms with Gasteiger partial charge in [-0.05, 0) is 24.5 Å². The van der Waals surface area contributed by atoms with E-state index < -0.39 is 0 Å². The molecule has 100 valence electrons. The molecule has 0 fully saturated rings. The van der Waals surface area contributed by atoms with Crippen molar-refractivity contribution in [1.82, 2.24) is 10.4 Å². The number of aryl methyl sites for hydroxylation is 1. The second-order valence-corrected chi connectivity index (χ2v) is 4.35. The SMILES string of the molecule is COc1ncccc1C(CCc1ccccc1)NN. The zero-order valence-corrected chi connectivity index (χ0v) is 11.0. The predicted octanol–water partition coefficient (Wildman–Crippen LogP) is 2.23. The number of benzene rings is 1. The van der Waals surface area contributed by atoms with Crippen LogP contribution in [0, 0.1) is 0 Å². The van der Waals surface area contributed by atoms with Crippen molar-refractivity contribution in [3.8, 4) is 5.88 Å². The van der Waals surface area contributed by atoms with E-state index in [4.69, 9.17) is 10.6 Å². The van der Waals surface area contributed by atoms with Crippen LogP contribution in [0.2, 0.25) is 0 Å². The number of rotatable bonds is 6. The number of nitrogens with zero attached hydrogens (tertiary/aromatic N) is 1. The summed E-state index contributed by atoms with van der Waals surface area (Å²) in [6, 6.07) is 14.3. The van der Waals surface area contributed by atoms with Crippen LogP contribution in [0.15, 0.2) is 48.7 Å². The summed E-state index contributed by atoms with van der Waals surface area (Å²) < 4.78 is 5.27. The number of ether oxygens (including phenoxy) is 1. The number of aromatic nitrogens is 1. The van der Waals surface area contributed by atoms with Crippen LogP contribution in [-0.2, 0) is 6.42 Å². The van der Waals surface area contributed by atoms with Gasteiger partial charge in [0.25, 0.3) is 0 Å². The lowest BCUT2D eigenvalue weighted by molar-refractivity contribution is 0.380. The van der Waals surface area contributed by atoms with Crippen LogP contribution in [0.3, 0.4) is 0 Å². The average molecular weight is 257 g/mol. The summed E-state index contributed by atoms with van der Waals surface area (Å²) in [7, 11) is 1.62. The van der Waals surface area contributed by atoms with Crippen molar-refractivity contribution in [2.45, 2.75) is 18.9 Å². The minimum Gasteiger partial charge on any atom is -0.481 e. The Balaban J connectivity index is 2.08. The van der Waals surface area contributed by atoms with Crippen LogP contribution < -0.4 is 16.0 Å². The fourth-order valence-electron chi connectivity index (χ4n) is 2.12. The molecule has 3 N–H and O–H groups in total. The van der Waals surface area contributed by atoms with Crippen molar-refractivity contribution in [1.29, 1.82) is 0 Å². The smallest absolute Gasteiger partial charge is 0.217 e. The summed E-state index contributed by atoms with van der Waals surface area (Å²) >= 11 is 0. The zero-order valence-electron chi connectivity index (χ0n) is 11.0. The van der Waals surface area contributed by atoms with Crippen LogP contribution in [0.25, 0.3) is 0 Å². The molecule has 0 aliphatic heterocycles. The van der Waals surface area contributed by atoms with E-state index in [0.717, 1.165) is 18.4 Å². The molecule has 0 aliphatic carbocycles. The summed E-state index contributed by atoms with van der Waals surface area (Å²) in [5.41, 5.74) is 5.13. The molecule has 1 aromatic carbocycles. The summed E-state index contributed by atoms with van der Waals surface area (Å²) in [5, 5.41) is 0. The van der Waals surface area contributed by atoms with Crippen molar-refractivity contribution in [2.24, 2.45) is 5.84 Å². The Kier molecular flexibility index (Phi) is 4.89. The third kappa shape index (κ3) is 3.53. The molecule has 4 nitrogen and oxygen atoms in total. The number of pyridine rings is 1. The highest BCUT2D eigenvalue weighted by atomic mass is 16.5. The van der Waals surface area contributed by atoms with Crippen LogP contribution in [0.5, 0.6) is 5.88 Å². The maximum atomic E-state index is 5.66. The third-order valence-corrected chi connectivity index (χ3v) is 3.14. The van der Waals surface area contributed by atoms with Crippen molar-refractivity contribution < 1.29 is 4.74 Å². The molecular formula is C15H19N3O. The van der Waals surface area contributed by atoms with Crippen molar-refractivity contribution >= 4 is 0 Å². The summed E-state index contributed by atoms with van der Waals surface area (Å²) in [5.74, 6) is 6.28. The summed E-state index contributed by atoms with van der Waals surface area (Å²) in [6.07, 6.45) is 3.56. The van der Waals surface area contributed by atoms with Crippen LogP contribution in [0.4, 0.5) is 0 Å². The number of methoxy groups -OCH3 is 1. The number of hydrogen-bond acceptors (Lipinski definition) is 4. The molecule has 1 heterocycles. The van der Waals surface area contributed by atoms with Gasteiger partial charge in [-0.15, -0.1) is 0 Å². The molecule has 0 aliphatic rings. The highest BCUT2D eigenvalue weighted by molar-refractivity contribution is 5.29. The molecule has 0 saturated carbocycles. The zero-order chi connectivity index (χ0) is 13.5. The van der Waals surface area contributed by atoms with Gasteiger partial charge in [0.2, 0.25) is 5.88 Å². The quantitative estimate of drug-likeness (QED) is 0.615. The van der Waals surface area contributed by atoms with Gasteiger partial charge in [0.1, 0.15) is 0 Å². The first-order valence-corrected chi connectivity index (χ1v) is 6.34. The Hall–Kier alpha value is -1.91. The molecule has 0 radical (unpaired) electrons. The maximum Gasteiger partial charge on any atom is 0.217 e. The number of hydrogen-bond donors (Lipinski definition) is 2. The first-order chi connectivity index (χ1) is 9.35. The summed E-state index contributed by atoms with van der Waals surface area (Å²) in [6.45, 7) is 0. The topological polar surface area (TPSA) is 60.2 Å². The van der Waals surface area contributed by atoms with E-state index in [1.807, 2.05) is 30.3 Å². The molecule has 2 aromatic rings. The fourth-order valence-corrected chi connectivity index (χ4v) is 2.12. The van der Waals surface area contributed by atoms with Gasteiger partial charge in [0, 0.05) is 11.8 Å². The van der Waals surface area contributed by atoms with Gasteiger partial charge in [0.15, 0.2) is 0 Å². The van der Waals surface area contributed by atoms with E-state index in [9.17, 15) is 0 Å². The molecule has 19 heavy (non-hydrogen) atoms. The lowest BCUT2D eigenvalue weighted by atomic mass is 10.0. The van der Waals surface area contributed by atoms with Crippen LogP contribution in [-0.4, -0.2) is 12.1 Å². The van der Waals surface area contributed by atoms with Gasteiger partial charge in [0.05, 0.1) is 13.2 Å². The predicted molar refractivity (Wildman–Crippen MR) is 75.6 cm³/mol. The third-order valence-electron chi connectivity index (χ3n) is 3.14. The normalized spacial score (nSPS) is 12.1. The Morgan fingerprint density at radius 3 is 2.68 bits per heavy atom. The second kappa shape index (κ2) is 6.87. The first-order valence-electron chi connectivity index (χ1n) is 6.34. The molecule has 2 rings (SSSR count). The first kappa shape index (κ1) is 13.5. The average Bonchev–Trinajstić information content (AvgIpc) is 2.49. The van der Waals surface area contributed by atoms with E-state index in [0.29, 0.717) is 5.88 Å². The second-order valence-electron chi connectivity index (χ2n) is 4.35. The molecule has 0 spiro atoms. The Morgan fingerprint density at radius 2 is 2.00 bits per heavy atom. The van der Waals surface area contributed by atoms with Gasteiger partial charge >= 0.3 is 0 Å². The van der Waals surface area contributed by atoms with E-state index in [-0.39, 0.29) is 6.04 Å². The van der Waals surface area contributed by atoms with Gasteiger partial charge in [-0.1, -0.05) is 36.4 Å². The summed E-state index contributed by atoms with van der Waals surface area (Å²) in [4.78, 5) is 4.20. The van der Waals surface area contributed by atoms with Crippen LogP contribution >= 0.6 is 0 Å². The number of nitrogens with two attached hydrogens (primary N) is 1. The highest BCUT2D eigenvalue weighted by Crippen LogP contribution is 2.25. The molecule has 0 bridgehead atoms. The number of nitrogens with one attached hydrogen (secondary N) is 1. The van der Waals surface area contributed by atoms with E-state index in [1.165, 1.54) is 5.56 Å². The standard InChI is InChI=1S/C15H19N3O/c1-19-15-13(8-5-11-17-15)14(18-16)10-9-12-6-3-2-4-7-12/h2-8,11,14,18H,9-10,16H2,1H3. The minimum absolute atomic E-state index is 0.0313. The Labute approximate surface area is 113 Å². The molecule has 1 unspecified atom stereocenters. The van der Waals surface area contributed by atoms with Crippen LogP contribution in [0.1, 0.15) is 23.6 Å². The lowest BCUT2D eigenvalue weighted by Gasteiger charge is -2.18. The molecule has 0 amide bonds. The molecule has 4 heteroatoms. The lowest BCUT2D eigenvalue weighted by Crippen LogP contribution is -2.28. The van der Waals surface area contributed by atoms with Crippen molar-refractivity contribution in [3.63, 3.8) is 0 Å².